The third-order valence-electron chi connectivity index (χ3n) is 0. The maximum atomic E-state index is 8.33. The van der Waals surface area contributed by atoms with Crippen LogP contribution in [0.4, 0.5) is 28.8 Å². The van der Waals surface area contributed by atoms with Gasteiger partial charge in [-0.15, -0.1) is 0 Å². The minimum Gasteiger partial charge on any atom is -0.652 e. The minimum atomic E-state index is -2.33. The zero-order chi connectivity index (χ0) is 21.5. The molecule has 0 radical (unpaired) electrons. The molecule has 0 saturated carbocycles. The molecule has 0 aromatic heterocycles. The number of hydrogen-bond donors (Lipinski definition) is 0. The van der Waals surface area contributed by atoms with E-state index in [4.69, 9.17) is 90.0 Å². The molecule has 150 valence electrons. The molecule has 0 saturated heterocycles. The van der Waals surface area contributed by atoms with Gasteiger partial charge in [0.25, 0.3) is 0 Å². The van der Waals surface area contributed by atoms with E-state index in [-0.39, 0.29) is 63.2 Å². The molecule has 0 aliphatic heterocycles. The fourth-order valence-electron chi connectivity index (χ4n) is 0. The van der Waals surface area contributed by atoms with Gasteiger partial charge in [-0.3, -0.25) is 0 Å². The molecule has 0 heterocycles. The Balaban J connectivity index is -0.0000000201. The fraction of sp³-hybridized carbons (Fsp3) is 0. The van der Waals surface area contributed by atoms with Gasteiger partial charge in [0.05, 0.1) is 0 Å². The Kier molecular flexibility index (Phi) is 103. The molecule has 0 fully saturated rings. The van der Waals surface area contributed by atoms with Crippen molar-refractivity contribution in [3.05, 3.63) is 0 Å². The Hall–Kier alpha value is -2.32. The first-order valence-corrected chi connectivity index (χ1v) is 3.67. The molecule has 0 aliphatic rings. The smallest absolute Gasteiger partial charge is 0.652 e. The van der Waals surface area contributed by atoms with Gasteiger partial charge in [0, 0.05) is 0 Å². The van der Waals surface area contributed by atoms with Gasteiger partial charge in [-0.25, -0.2) is 0 Å². The third kappa shape index (κ3) is 2080. The summed E-state index contributed by atoms with van der Waals surface area (Å²) < 4.78 is 0. The summed E-state index contributed by atoms with van der Waals surface area (Å²) in [6.45, 7) is 0. The van der Waals surface area contributed by atoms with Crippen molar-refractivity contribution in [1.29, 1.82) is 0 Å². The summed E-state index contributed by atoms with van der Waals surface area (Å²) >= 11 is 0. The molecule has 21 heteroatoms. The Morgan fingerprint density at radius 1 is 0.259 bits per heavy atom. The van der Waals surface area contributed by atoms with Gasteiger partial charge in [-0.05, 0) is 36.9 Å². The van der Waals surface area contributed by atoms with E-state index in [0.717, 1.165) is 0 Å². The van der Waals surface area contributed by atoms with Gasteiger partial charge >= 0.3 is 63.2 Å². The summed E-state index contributed by atoms with van der Waals surface area (Å²) in [5, 5.41) is 100. The number of carbonyl (C=O) groups excluding carboxylic acids is 6. The SMILES string of the molecule is O=C([O-])[O-].O=C([O-])[O-].O=C([O-])[O-].O=C([O-])[O-].O=C([O-])[O-].O=C([O-])[O-].[W+4].[W+4].[W+4]. The van der Waals surface area contributed by atoms with E-state index >= 15 is 0 Å². The van der Waals surface area contributed by atoms with E-state index in [1.54, 1.807) is 0 Å². The predicted octanol–water partition coefficient (Wildman–Crippen LogP) is -14.7. The molecule has 0 aliphatic carbocycles. The number of rotatable bonds is 0. The van der Waals surface area contributed by atoms with Gasteiger partial charge in [0.2, 0.25) is 0 Å². The van der Waals surface area contributed by atoms with Crippen molar-refractivity contribution in [1.82, 2.24) is 0 Å². The van der Waals surface area contributed by atoms with Crippen molar-refractivity contribution >= 4 is 36.9 Å². The zero-order valence-corrected chi connectivity index (χ0v) is 20.4. The molecule has 27 heavy (non-hydrogen) atoms. The van der Waals surface area contributed by atoms with E-state index in [2.05, 4.69) is 0 Å². The molecule has 0 rings (SSSR count). The largest absolute Gasteiger partial charge is 4.00 e. The van der Waals surface area contributed by atoms with E-state index in [1.165, 1.54) is 0 Å². The summed E-state index contributed by atoms with van der Waals surface area (Å²) in [4.78, 5) is 50.0. The van der Waals surface area contributed by atoms with Crippen LogP contribution in [0.25, 0.3) is 0 Å². The zero-order valence-electron chi connectivity index (χ0n) is 11.6. The van der Waals surface area contributed by atoms with Crippen LogP contribution in [0.5, 0.6) is 0 Å². The maximum absolute atomic E-state index is 8.33. The minimum absolute atomic E-state index is 0. The Bertz CT molecular complexity index is 264. The summed E-state index contributed by atoms with van der Waals surface area (Å²) in [6, 6.07) is 0. The average Bonchev–Trinajstić information content (AvgIpc) is 2.08. The number of carbonyl (C=O) groups is 6. The van der Waals surface area contributed by atoms with Gasteiger partial charge in [-0.1, -0.05) is 0 Å². The fourth-order valence-corrected chi connectivity index (χ4v) is 0. The van der Waals surface area contributed by atoms with Crippen LogP contribution >= 0.6 is 0 Å². The van der Waals surface area contributed by atoms with Gasteiger partial charge in [-0.2, -0.15) is 0 Å². The molecule has 0 N–H and O–H groups in total. The molecular weight excluding hydrogens is 912 g/mol. The van der Waals surface area contributed by atoms with Gasteiger partial charge < -0.3 is 90.0 Å². The van der Waals surface area contributed by atoms with Crippen molar-refractivity contribution in [2.45, 2.75) is 0 Å². The molecule has 0 spiro atoms. The second kappa shape index (κ2) is 49.5. The Labute approximate surface area is 189 Å². The van der Waals surface area contributed by atoms with Crippen molar-refractivity contribution in [2.24, 2.45) is 0 Å². The van der Waals surface area contributed by atoms with Crippen molar-refractivity contribution in [2.75, 3.05) is 0 Å². The molecule has 0 aromatic carbocycles. The van der Waals surface area contributed by atoms with Crippen LogP contribution in [0.15, 0.2) is 0 Å². The van der Waals surface area contributed by atoms with Gasteiger partial charge in [0.15, 0.2) is 0 Å². The van der Waals surface area contributed by atoms with E-state index < -0.39 is 36.9 Å². The molecule has 0 unspecified atom stereocenters. The molecule has 0 amide bonds. The van der Waals surface area contributed by atoms with Crippen LogP contribution in [0.1, 0.15) is 0 Å². The maximum Gasteiger partial charge on any atom is 4.00 e. The van der Waals surface area contributed by atoms with Crippen molar-refractivity contribution in [3.8, 4) is 0 Å². The van der Waals surface area contributed by atoms with E-state index in [1.807, 2.05) is 0 Å². The van der Waals surface area contributed by atoms with E-state index in [0.29, 0.717) is 0 Å². The number of carboxylic acid groups (broad SMARTS) is 12. The Morgan fingerprint density at radius 2 is 0.259 bits per heavy atom. The molecule has 0 atom stereocenters. The monoisotopic (exact) mass is 912 g/mol. The Morgan fingerprint density at radius 3 is 0.259 bits per heavy atom. The standard InChI is InChI=1S/6CH2O3.3W/c6*2-1(3)4;;;/h6*(H2,2,3,4);;;/q;;;;;;3*+4/p-12. The second-order valence-electron chi connectivity index (χ2n) is 1.50. The summed E-state index contributed by atoms with van der Waals surface area (Å²) in [5.41, 5.74) is 0. The third-order valence-corrected chi connectivity index (χ3v) is 0. The molecule has 0 bridgehead atoms. The van der Waals surface area contributed by atoms with Crippen molar-refractivity contribution < 1.29 is 153 Å². The first-order chi connectivity index (χ1) is 10.4. The average molecular weight is 912 g/mol. The summed E-state index contributed by atoms with van der Waals surface area (Å²) in [6.07, 6.45) is -14.0. The van der Waals surface area contributed by atoms with Gasteiger partial charge in [0.1, 0.15) is 0 Å². The predicted molar refractivity (Wildman–Crippen MR) is 32.4 cm³/mol. The first kappa shape index (κ1) is 56.3. The second-order valence-corrected chi connectivity index (χ2v) is 1.50. The summed E-state index contributed by atoms with van der Waals surface area (Å²) in [5.74, 6) is 0. The van der Waals surface area contributed by atoms with Crippen LogP contribution in [0, 0.1) is 0 Å². The quantitative estimate of drug-likeness (QED) is 0.218. The molecular formula is C6O18W3. The number of hydrogen-bond acceptors (Lipinski definition) is 18. The molecule has 0 aromatic rings. The topological polar surface area (TPSA) is 379 Å². The summed E-state index contributed by atoms with van der Waals surface area (Å²) in [7, 11) is 0. The molecule has 18 nitrogen and oxygen atoms in total. The first-order valence-electron chi connectivity index (χ1n) is 3.67. The normalized spacial score (nSPS) is 5.33. The van der Waals surface area contributed by atoms with E-state index in [9.17, 15) is 0 Å². The van der Waals surface area contributed by atoms with Crippen LogP contribution in [-0.2, 0) is 63.2 Å². The van der Waals surface area contributed by atoms with Crippen molar-refractivity contribution in [3.63, 3.8) is 0 Å². The van der Waals surface area contributed by atoms with Crippen LogP contribution in [0.3, 0.4) is 0 Å². The van der Waals surface area contributed by atoms with Crippen LogP contribution in [0.2, 0.25) is 0 Å². The van der Waals surface area contributed by atoms with Crippen LogP contribution < -0.4 is 61.3 Å². The van der Waals surface area contributed by atoms with Crippen LogP contribution in [-0.4, -0.2) is 36.9 Å².